The molecule has 1 saturated carbocycles. The SMILES string of the molecule is CS(=O)(=O)C1CSCCN1C(=O)C1(C(N)=S)CCC1. The predicted molar refractivity (Wildman–Crippen MR) is 80.7 cm³/mol. The fraction of sp³-hybridized carbons (Fsp3) is 0.818. The fourth-order valence-corrected chi connectivity index (χ4v) is 5.65. The lowest BCUT2D eigenvalue weighted by Gasteiger charge is -2.45. The van der Waals surface area contributed by atoms with Crippen LogP contribution in [0.15, 0.2) is 0 Å². The number of nitrogens with zero attached hydrogens (tertiary/aromatic N) is 1. The average molecular weight is 322 g/mol. The first kappa shape index (κ1) is 15.1. The minimum absolute atomic E-state index is 0.193. The Morgan fingerprint density at radius 3 is 2.53 bits per heavy atom. The lowest BCUT2D eigenvalue weighted by Crippen LogP contribution is -2.60. The van der Waals surface area contributed by atoms with Gasteiger partial charge in [0.15, 0.2) is 9.84 Å². The number of rotatable bonds is 3. The number of amides is 1. The number of carbonyl (C=O) groups excluding carboxylic acids is 1. The topological polar surface area (TPSA) is 80.5 Å². The molecule has 2 aliphatic rings. The molecule has 0 spiro atoms. The van der Waals surface area contributed by atoms with Crippen molar-refractivity contribution in [2.45, 2.75) is 24.6 Å². The Labute approximate surface area is 123 Å². The highest BCUT2D eigenvalue weighted by molar-refractivity contribution is 8.00. The zero-order chi connectivity index (χ0) is 14.3. The average Bonchev–Trinajstić information content (AvgIpc) is 2.25. The van der Waals surface area contributed by atoms with Crippen LogP contribution < -0.4 is 5.73 Å². The zero-order valence-electron chi connectivity index (χ0n) is 10.8. The summed E-state index contributed by atoms with van der Waals surface area (Å²) in [5.41, 5.74) is 4.93. The summed E-state index contributed by atoms with van der Waals surface area (Å²) in [4.78, 5) is 14.4. The summed E-state index contributed by atoms with van der Waals surface area (Å²) in [7, 11) is -3.29. The van der Waals surface area contributed by atoms with E-state index in [1.54, 1.807) is 11.8 Å². The quantitative estimate of drug-likeness (QED) is 0.757. The van der Waals surface area contributed by atoms with Gasteiger partial charge in [-0.1, -0.05) is 18.6 Å². The molecule has 2 N–H and O–H groups in total. The third kappa shape index (κ3) is 2.62. The molecule has 0 bridgehead atoms. The van der Waals surface area contributed by atoms with Crippen LogP contribution in [0.25, 0.3) is 0 Å². The van der Waals surface area contributed by atoms with Crippen molar-refractivity contribution in [3.63, 3.8) is 0 Å². The minimum Gasteiger partial charge on any atom is -0.392 e. The molecular formula is C11H18N2O3S3. The minimum atomic E-state index is -3.29. The summed E-state index contributed by atoms with van der Waals surface area (Å²) < 4.78 is 23.7. The second-order valence-corrected chi connectivity index (χ2v) is 8.95. The van der Waals surface area contributed by atoms with Crippen molar-refractivity contribution in [1.82, 2.24) is 4.90 Å². The van der Waals surface area contributed by atoms with E-state index in [1.807, 2.05) is 0 Å². The van der Waals surface area contributed by atoms with Crippen LogP contribution in [0.1, 0.15) is 19.3 Å². The molecular weight excluding hydrogens is 304 g/mol. The molecule has 0 aromatic heterocycles. The van der Waals surface area contributed by atoms with Crippen LogP contribution >= 0.6 is 24.0 Å². The predicted octanol–water partition coefficient (Wildman–Crippen LogP) is 0.389. The molecule has 1 aliphatic carbocycles. The first-order valence-electron chi connectivity index (χ1n) is 6.16. The Balaban J connectivity index is 2.28. The van der Waals surface area contributed by atoms with Gasteiger partial charge in [-0.3, -0.25) is 4.79 Å². The van der Waals surface area contributed by atoms with Gasteiger partial charge < -0.3 is 10.6 Å². The van der Waals surface area contributed by atoms with Crippen molar-refractivity contribution in [1.29, 1.82) is 0 Å². The highest BCUT2D eigenvalue weighted by Gasteiger charge is 2.51. The molecule has 1 aliphatic heterocycles. The third-order valence-corrected chi connectivity index (χ3v) is 6.96. The van der Waals surface area contributed by atoms with Crippen LogP contribution in [0.3, 0.4) is 0 Å². The van der Waals surface area contributed by atoms with E-state index >= 15 is 0 Å². The monoisotopic (exact) mass is 322 g/mol. The normalized spacial score (nSPS) is 26.6. The Hall–Kier alpha value is -0.340. The third-order valence-electron chi connectivity index (χ3n) is 3.93. The highest BCUT2D eigenvalue weighted by Crippen LogP contribution is 2.44. The lowest BCUT2D eigenvalue weighted by molar-refractivity contribution is -0.142. The van der Waals surface area contributed by atoms with Gasteiger partial charge in [0.05, 0.1) is 10.4 Å². The van der Waals surface area contributed by atoms with Gasteiger partial charge in [0.2, 0.25) is 5.91 Å². The van der Waals surface area contributed by atoms with E-state index in [0.717, 1.165) is 12.2 Å². The molecule has 19 heavy (non-hydrogen) atoms. The van der Waals surface area contributed by atoms with E-state index < -0.39 is 20.6 Å². The maximum absolute atomic E-state index is 12.7. The van der Waals surface area contributed by atoms with E-state index in [9.17, 15) is 13.2 Å². The maximum Gasteiger partial charge on any atom is 0.236 e. The number of sulfone groups is 1. The summed E-state index contributed by atoms with van der Waals surface area (Å²) in [6, 6.07) is 0. The first-order chi connectivity index (χ1) is 8.79. The molecule has 0 aromatic rings. The van der Waals surface area contributed by atoms with Gasteiger partial charge in [-0.15, -0.1) is 0 Å². The molecule has 8 heteroatoms. The Morgan fingerprint density at radius 1 is 1.47 bits per heavy atom. The molecule has 1 atom stereocenters. The van der Waals surface area contributed by atoms with Crippen molar-refractivity contribution in [2.24, 2.45) is 11.1 Å². The largest absolute Gasteiger partial charge is 0.392 e. The molecule has 0 aromatic carbocycles. The number of thioether (sulfide) groups is 1. The number of thiocarbonyl (C=S) groups is 1. The van der Waals surface area contributed by atoms with Crippen molar-refractivity contribution in [3.05, 3.63) is 0 Å². The molecule has 1 unspecified atom stereocenters. The van der Waals surface area contributed by atoms with Crippen molar-refractivity contribution >= 4 is 44.7 Å². The summed E-state index contributed by atoms with van der Waals surface area (Å²) in [6.45, 7) is 0.450. The van der Waals surface area contributed by atoms with Crippen LogP contribution in [-0.2, 0) is 14.6 Å². The van der Waals surface area contributed by atoms with Crippen molar-refractivity contribution in [3.8, 4) is 0 Å². The second kappa shape index (κ2) is 5.21. The van der Waals surface area contributed by atoms with Gasteiger partial charge in [0, 0.05) is 24.3 Å². The molecule has 2 fully saturated rings. The van der Waals surface area contributed by atoms with Crippen LogP contribution in [0, 0.1) is 5.41 Å². The van der Waals surface area contributed by atoms with Crippen LogP contribution in [-0.4, -0.2) is 53.9 Å². The van der Waals surface area contributed by atoms with E-state index in [0.29, 0.717) is 25.1 Å². The summed E-state index contributed by atoms with van der Waals surface area (Å²) >= 11 is 6.59. The van der Waals surface area contributed by atoms with Gasteiger partial charge in [0.25, 0.3) is 0 Å². The molecule has 1 amide bonds. The Bertz CT molecular complexity index is 499. The van der Waals surface area contributed by atoms with E-state index in [-0.39, 0.29) is 10.9 Å². The standard InChI is InChI=1S/C11H18N2O3S3/c1-19(15,16)8-7-18-6-5-13(8)10(14)11(9(12)17)3-2-4-11/h8H,2-7H2,1H3,(H2,12,17). The lowest BCUT2D eigenvalue weighted by atomic mass is 9.67. The Morgan fingerprint density at radius 2 is 2.11 bits per heavy atom. The van der Waals surface area contributed by atoms with Crippen molar-refractivity contribution < 1.29 is 13.2 Å². The maximum atomic E-state index is 12.7. The molecule has 5 nitrogen and oxygen atoms in total. The molecule has 2 rings (SSSR count). The number of hydrogen-bond donors (Lipinski definition) is 1. The van der Waals surface area contributed by atoms with Crippen LogP contribution in [0.2, 0.25) is 0 Å². The van der Waals surface area contributed by atoms with Gasteiger partial charge in [0.1, 0.15) is 5.37 Å². The van der Waals surface area contributed by atoms with Crippen molar-refractivity contribution in [2.75, 3.05) is 24.3 Å². The fourth-order valence-electron chi connectivity index (χ4n) is 2.54. The smallest absolute Gasteiger partial charge is 0.236 e. The highest BCUT2D eigenvalue weighted by atomic mass is 32.2. The number of carbonyl (C=O) groups is 1. The van der Waals surface area contributed by atoms with Gasteiger partial charge in [-0.05, 0) is 12.8 Å². The Kier molecular flexibility index (Phi) is 4.13. The van der Waals surface area contributed by atoms with E-state index in [4.69, 9.17) is 18.0 Å². The zero-order valence-corrected chi connectivity index (χ0v) is 13.2. The summed E-state index contributed by atoms with van der Waals surface area (Å²) in [6.07, 6.45) is 3.37. The molecule has 1 heterocycles. The number of hydrogen-bond acceptors (Lipinski definition) is 5. The molecule has 108 valence electrons. The number of nitrogens with two attached hydrogens (primary N) is 1. The van der Waals surface area contributed by atoms with Crippen LogP contribution in [0.4, 0.5) is 0 Å². The molecule has 0 radical (unpaired) electrons. The van der Waals surface area contributed by atoms with Gasteiger partial charge in [-0.2, -0.15) is 11.8 Å². The van der Waals surface area contributed by atoms with Crippen LogP contribution in [0.5, 0.6) is 0 Å². The first-order valence-corrected chi connectivity index (χ1v) is 9.68. The van der Waals surface area contributed by atoms with E-state index in [1.165, 1.54) is 11.2 Å². The van der Waals surface area contributed by atoms with Gasteiger partial charge in [-0.25, -0.2) is 8.42 Å². The summed E-state index contributed by atoms with van der Waals surface area (Å²) in [5.74, 6) is 0.991. The van der Waals surface area contributed by atoms with E-state index in [2.05, 4.69) is 0 Å². The van der Waals surface area contributed by atoms with Gasteiger partial charge >= 0.3 is 0 Å². The molecule has 1 saturated heterocycles. The second-order valence-electron chi connectivity index (χ2n) is 5.16. The summed E-state index contributed by atoms with van der Waals surface area (Å²) in [5, 5.41) is -0.745.